The highest BCUT2D eigenvalue weighted by molar-refractivity contribution is 6.15. The number of nitrogens with two attached hydrogens (primary N) is 1. The van der Waals surface area contributed by atoms with E-state index in [0.29, 0.717) is 12.1 Å². The SMILES string of the molecule is N/C(=N\N/C=C(\C(=O)O)c1ccncc1)c1cc(C(F)(F)F)cc(C(F)(F)F)c1. The molecule has 1 aromatic heterocycles. The van der Waals surface area contributed by atoms with Gasteiger partial charge >= 0.3 is 18.3 Å². The van der Waals surface area contributed by atoms with Crippen LogP contribution >= 0.6 is 0 Å². The summed E-state index contributed by atoms with van der Waals surface area (Å²) in [6.45, 7) is 0. The largest absolute Gasteiger partial charge is 0.478 e. The summed E-state index contributed by atoms with van der Waals surface area (Å²) in [4.78, 5) is 15.0. The molecule has 0 aliphatic rings. The van der Waals surface area contributed by atoms with Gasteiger partial charge in [-0.2, -0.15) is 31.4 Å². The average molecular weight is 418 g/mol. The molecule has 12 heteroatoms. The van der Waals surface area contributed by atoms with Gasteiger partial charge in [0.15, 0.2) is 5.84 Å². The van der Waals surface area contributed by atoms with Crippen LogP contribution in [0.25, 0.3) is 5.57 Å². The van der Waals surface area contributed by atoms with Crippen LogP contribution in [0, 0.1) is 0 Å². The summed E-state index contributed by atoms with van der Waals surface area (Å²) >= 11 is 0. The predicted molar refractivity (Wildman–Crippen MR) is 90.2 cm³/mol. The molecule has 154 valence electrons. The number of halogens is 6. The Hall–Kier alpha value is -3.57. The Morgan fingerprint density at radius 1 is 1.00 bits per heavy atom. The van der Waals surface area contributed by atoms with Gasteiger partial charge in [-0.25, -0.2) is 4.79 Å². The van der Waals surface area contributed by atoms with Crippen LogP contribution in [0.4, 0.5) is 26.3 Å². The molecule has 29 heavy (non-hydrogen) atoms. The van der Waals surface area contributed by atoms with E-state index in [0.717, 1.165) is 6.20 Å². The van der Waals surface area contributed by atoms with Crippen LogP contribution < -0.4 is 11.2 Å². The van der Waals surface area contributed by atoms with Crippen molar-refractivity contribution in [2.24, 2.45) is 10.8 Å². The monoisotopic (exact) mass is 418 g/mol. The molecule has 2 rings (SSSR count). The van der Waals surface area contributed by atoms with Crippen LogP contribution in [0.5, 0.6) is 0 Å². The summed E-state index contributed by atoms with van der Waals surface area (Å²) < 4.78 is 77.3. The Labute approximate surface area is 159 Å². The molecule has 0 saturated carbocycles. The number of alkyl halides is 6. The third-order valence-electron chi connectivity index (χ3n) is 3.50. The molecule has 0 aliphatic carbocycles. The zero-order valence-electron chi connectivity index (χ0n) is 14.2. The molecule has 0 atom stereocenters. The van der Waals surface area contributed by atoms with E-state index in [-0.39, 0.29) is 17.2 Å². The van der Waals surface area contributed by atoms with E-state index in [1.165, 1.54) is 24.5 Å². The molecule has 0 saturated heterocycles. The first-order valence-corrected chi connectivity index (χ1v) is 7.62. The zero-order valence-corrected chi connectivity index (χ0v) is 14.2. The molecule has 6 nitrogen and oxygen atoms in total. The number of aromatic nitrogens is 1. The summed E-state index contributed by atoms with van der Waals surface area (Å²) in [6.07, 6.45) is -6.55. The third kappa shape index (κ3) is 5.70. The molecule has 0 unspecified atom stereocenters. The summed E-state index contributed by atoms with van der Waals surface area (Å²) in [7, 11) is 0. The number of rotatable bonds is 5. The molecule has 0 aliphatic heterocycles. The highest BCUT2D eigenvalue weighted by Gasteiger charge is 2.37. The second-order valence-electron chi connectivity index (χ2n) is 5.52. The van der Waals surface area contributed by atoms with Crippen LogP contribution in [0.2, 0.25) is 0 Å². The van der Waals surface area contributed by atoms with Crippen LogP contribution in [0.1, 0.15) is 22.3 Å². The first-order valence-electron chi connectivity index (χ1n) is 7.62. The normalized spacial score (nSPS) is 13.3. The van der Waals surface area contributed by atoms with E-state index in [1.54, 1.807) is 0 Å². The van der Waals surface area contributed by atoms with Gasteiger partial charge in [0.2, 0.25) is 0 Å². The summed E-state index contributed by atoms with van der Waals surface area (Å²) in [5.74, 6) is -2.08. The number of nitrogens with zero attached hydrogens (tertiary/aromatic N) is 2. The first-order chi connectivity index (χ1) is 13.4. The number of hydrogen-bond acceptors (Lipinski definition) is 4. The Morgan fingerprint density at radius 3 is 1.97 bits per heavy atom. The van der Waals surface area contributed by atoms with Gasteiger partial charge in [-0.3, -0.25) is 10.4 Å². The minimum atomic E-state index is -5.04. The second kappa shape index (κ2) is 8.20. The molecule has 1 aromatic carbocycles. The van der Waals surface area contributed by atoms with E-state index in [2.05, 4.69) is 15.5 Å². The minimum Gasteiger partial charge on any atom is -0.478 e. The topological polar surface area (TPSA) is 101 Å². The van der Waals surface area contributed by atoms with E-state index in [4.69, 9.17) is 5.73 Å². The fourth-order valence-corrected chi connectivity index (χ4v) is 2.13. The number of hydrogen-bond donors (Lipinski definition) is 3. The number of carboxylic acid groups (broad SMARTS) is 1. The molecule has 1 heterocycles. The van der Waals surface area contributed by atoms with E-state index in [1.807, 2.05) is 0 Å². The Morgan fingerprint density at radius 2 is 1.52 bits per heavy atom. The van der Waals surface area contributed by atoms with Gasteiger partial charge < -0.3 is 10.8 Å². The number of aliphatic carboxylic acids is 1. The van der Waals surface area contributed by atoms with Gasteiger partial charge in [-0.1, -0.05) is 0 Å². The second-order valence-corrected chi connectivity index (χ2v) is 5.52. The molecule has 2 aromatic rings. The molecule has 0 fully saturated rings. The molecule has 0 bridgehead atoms. The fraction of sp³-hybridized carbons (Fsp3) is 0.118. The lowest BCUT2D eigenvalue weighted by atomic mass is 10.0. The summed E-state index contributed by atoms with van der Waals surface area (Å²) in [6, 6.07) is 3.51. The number of hydrazone groups is 1. The van der Waals surface area contributed by atoms with Gasteiger partial charge in [0.1, 0.15) is 0 Å². The van der Waals surface area contributed by atoms with Crippen molar-refractivity contribution in [2.75, 3.05) is 0 Å². The number of benzene rings is 1. The van der Waals surface area contributed by atoms with E-state index in [9.17, 15) is 36.2 Å². The lowest BCUT2D eigenvalue weighted by molar-refractivity contribution is -0.143. The van der Waals surface area contributed by atoms with Gasteiger partial charge in [0.05, 0.1) is 16.7 Å². The van der Waals surface area contributed by atoms with Crippen molar-refractivity contribution >= 4 is 17.4 Å². The number of carbonyl (C=O) groups is 1. The molecule has 0 amide bonds. The highest BCUT2D eigenvalue weighted by Crippen LogP contribution is 2.36. The van der Waals surface area contributed by atoms with Crippen LogP contribution in [0.15, 0.2) is 54.0 Å². The smallest absolute Gasteiger partial charge is 0.416 e. The lowest BCUT2D eigenvalue weighted by Gasteiger charge is -2.14. The molecule has 0 radical (unpaired) electrons. The predicted octanol–water partition coefficient (Wildman–Crippen LogP) is 3.45. The molecular weight excluding hydrogens is 406 g/mol. The molecule has 4 N–H and O–H groups in total. The minimum absolute atomic E-state index is 0.0456. The van der Waals surface area contributed by atoms with Crippen LogP contribution in [0.3, 0.4) is 0 Å². The number of nitrogens with one attached hydrogen (secondary N) is 1. The Kier molecular flexibility index (Phi) is 6.15. The van der Waals surface area contributed by atoms with Gasteiger partial charge in [0, 0.05) is 24.2 Å². The fourth-order valence-electron chi connectivity index (χ4n) is 2.13. The number of carboxylic acids is 1. The maximum absolute atomic E-state index is 12.9. The highest BCUT2D eigenvalue weighted by atomic mass is 19.4. The van der Waals surface area contributed by atoms with Crippen molar-refractivity contribution in [3.8, 4) is 0 Å². The quantitative estimate of drug-likeness (QED) is 0.227. The van der Waals surface area contributed by atoms with Crippen molar-refractivity contribution < 1.29 is 36.2 Å². The van der Waals surface area contributed by atoms with Crippen molar-refractivity contribution in [2.45, 2.75) is 12.4 Å². The van der Waals surface area contributed by atoms with Crippen molar-refractivity contribution in [3.05, 3.63) is 71.2 Å². The van der Waals surface area contributed by atoms with Crippen molar-refractivity contribution in [1.29, 1.82) is 0 Å². The maximum atomic E-state index is 12.9. The van der Waals surface area contributed by atoms with E-state index >= 15 is 0 Å². The number of pyridine rings is 1. The standard InChI is InChI=1S/C17H12F6N4O2/c18-16(19,20)11-5-10(6-12(7-11)17(21,22)23)14(24)27-26-8-13(15(28)29)9-1-3-25-4-2-9/h1-8,26H,(H2,24,27)(H,28,29)/b13-8-. The number of amidine groups is 1. The first kappa shape index (κ1) is 21.7. The Bertz CT molecular complexity index is 920. The molecule has 0 spiro atoms. The van der Waals surface area contributed by atoms with Gasteiger partial charge in [-0.15, -0.1) is 0 Å². The zero-order chi connectivity index (χ0) is 21.8. The van der Waals surface area contributed by atoms with Gasteiger partial charge in [-0.05, 0) is 35.9 Å². The average Bonchev–Trinajstić information content (AvgIpc) is 2.63. The third-order valence-corrected chi connectivity index (χ3v) is 3.50. The maximum Gasteiger partial charge on any atom is 0.416 e. The molecular formula is C17H12F6N4O2. The van der Waals surface area contributed by atoms with Crippen LogP contribution in [-0.2, 0) is 17.1 Å². The summed E-state index contributed by atoms with van der Waals surface area (Å²) in [5.41, 5.74) is 3.79. The lowest BCUT2D eigenvalue weighted by Crippen LogP contribution is -2.20. The Balaban J connectivity index is 2.39. The summed E-state index contributed by atoms with van der Waals surface area (Å²) in [5, 5.41) is 12.6. The van der Waals surface area contributed by atoms with Crippen molar-refractivity contribution in [3.63, 3.8) is 0 Å². The van der Waals surface area contributed by atoms with E-state index < -0.39 is 40.8 Å². The van der Waals surface area contributed by atoms with Gasteiger partial charge in [0.25, 0.3) is 0 Å². The van der Waals surface area contributed by atoms with Crippen molar-refractivity contribution in [1.82, 2.24) is 10.4 Å². The van der Waals surface area contributed by atoms with Crippen LogP contribution in [-0.4, -0.2) is 21.9 Å².